The van der Waals surface area contributed by atoms with E-state index < -0.39 is 122 Å². The number of allylic oxidation sites excluding steroid dienone is 1. The van der Waals surface area contributed by atoms with E-state index in [1.165, 1.54) is 14.0 Å². The van der Waals surface area contributed by atoms with Gasteiger partial charge in [0, 0.05) is 37.5 Å². The second-order valence-corrected chi connectivity index (χ2v) is 19.9. The van der Waals surface area contributed by atoms with Crippen molar-refractivity contribution in [2.45, 2.75) is 120 Å². The smallest absolute Gasteiger partial charge is 0.438 e. The molecule has 0 unspecified atom stereocenters. The summed E-state index contributed by atoms with van der Waals surface area (Å²) in [5, 5.41) is 5.36. The number of benzene rings is 1. The van der Waals surface area contributed by atoms with Crippen LogP contribution in [-0.2, 0) is 40.1 Å². The van der Waals surface area contributed by atoms with Crippen LogP contribution in [0.15, 0.2) is 24.3 Å². The van der Waals surface area contributed by atoms with E-state index in [-0.39, 0.29) is 30.2 Å². The number of alkyl halides is 3. The molecular formula is C40H52F4N6O10S. The van der Waals surface area contributed by atoms with E-state index >= 15 is 0 Å². The highest BCUT2D eigenvalue weighted by atomic mass is 32.2. The van der Waals surface area contributed by atoms with Crippen molar-refractivity contribution in [1.29, 1.82) is 0 Å². The van der Waals surface area contributed by atoms with Crippen LogP contribution in [0.25, 0.3) is 11.0 Å². The van der Waals surface area contributed by atoms with Gasteiger partial charge >= 0.3 is 12.3 Å². The molecule has 21 heteroatoms. The predicted octanol–water partition coefficient (Wildman–Crippen LogP) is 4.55. The van der Waals surface area contributed by atoms with E-state index in [0.717, 1.165) is 24.1 Å². The molecule has 61 heavy (non-hydrogen) atoms. The van der Waals surface area contributed by atoms with Gasteiger partial charge in [-0.15, -0.1) is 0 Å². The van der Waals surface area contributed by atoms with Crippen LogP contribution < -0.4 is 24.8 Å². The zero-order chi connectivity index (χ0) is 44.9. The monoisotopic (exact) mass is 884 g/mol. The molecule has 16 nitrogen and oxygen atoms in total. The minimum absolute atomic E-state index is 0.0217. The molecule has 2 aliphatic heterocycles. The Morgan fingerprint density at radius 1 is 1.07 bits per heavy atom. The molecule has 2 aromatic rings. The molecule has 3 heterocycles. The lowest BCUT2D eigenvalue weighted by molar-refractivity contribution is -0.143. The molecule has 4 amide bonds. The minimum atomic E-state index is -5.15. The van der Waals surface area contributed by atoms with Crippen LogP contribution in [0.4, 0.5) is 22.4 Å². The fourth-order valence-electron chi connectivity index (χ4n) is 7.85. The van der Waals surface area contributed by atoms with Gasteiger partial charge in [-0.05, 0) is 72.1 Å². The maximum absolute atomic E-state index is 15.0. The molecule has 7 atom stereocenters. The predicted molar refractivity (Wildman–Crippen MR) is 210 cm³/mol. The topological polar surface area (TPSA) is 204 Å². The van der Waals surface area contributed by atoms with Crippen molar-refractivity contribution >= 4 is 44.9 Å². The summed E-state index contributed by atoms with van der Waals surface area (Å²) in [7, 11) is -1.57. The number of alkyl carbamates (subject to hydrolysis) is 1. The summed E-state index contributed by atoms with van der Waals surface area (Å²) in [6.07, 6.45) is -2.18. The Labute approximate surface area is 350 Å². The molecule has 2 saturated carbocycles. The third kappa shape index (κ3) is 9.97. The Bertz CT molecular complexity index is 2200. The van der Waals surface area contributed by atoms with Crippen molar-refractivity contribution in [3.05, 3.63) is 35.8 Å². The number of aromatic nitrogens is 2. The lowest BCUT2D eigenvalue weighted by atomic mass is 9.87. The summed E-state index contributed by atoms with van der Waals surface area (Å²) in [6, 6.07) is -1.15. The maximum atomic E-state index is 15.0. The molecule has 0 radical (unpaired) electrons. The molecule has 0 spiro atoms. The number of ether oxygens (including phenoxy) is 4. The molecule has 336 valence electrons. The van der Waals surface area contributed by atoms with Gasteiger partial charge in [-0.2, -0.15) is 13.2 Å². The van der Waals surface area contributed by atoms with E-state index in [0.29, 0.717) is 32.1 Å². The van der Waals surface area contributed by atoms with E-state index in [2.05, 4.69) is 25.3 Å². The Morgan fingerprint density at radius 2 is 1.75 bits per heavy atom. The molecule has 1 saturated heterocycles. The van der Waals surface area contributed by atoms with E-state index in [1.807, 2.05) is 13.0 Å². The Hall–Kier alpha value is -4.79. The Kier molecular flexibility index (Phi) is 12.6. The first kappa shape index (κ1) is 45.7. The largest absolute Gasteiger partial charge is 0.494 e. The molecule has 3 N–H and O–H groups in total. The number of nitrogens with zero attached hydrogens (tertiary/aromatic N) is 3. The van der Waals surface area contributed by atoms with Crippen LogP contribution in [0, 0.1) is 23.6 Å². The number of methoxy groups -OCH3 is 2. The first-order valence-corrected chi connectivity index (χ1v) is 21.5. The highest BCUT2D eigenvalue weighted by Gasteiger charge is 2.63. The van der Waals surface area contributed by atoms with E-state index in [9.17, 15) is 45.2 Å². The molecule has 1 aromatic heterocycles. The molecule has 1 aromatic carbocycles. The molecule has 4 aliphatic rings. The van der Waals surface area contributed by atoms with Gasteiger partial charge in [0.05, 0.1) is 36.0 Å². The van der Waals surface area contributed by atoms with Gasteiger partial charge in [-0.1, -0.05) is 19.1 Å². The van der Waals surface area contributed by atoms with Crippen molar-refractivity contribution in [3.8, 4) is 11.6 Å². The van der Waals surface area contributed by atoms with Gasteiger partial charge in [0.1, 0.15) is 29.3 Å². The second kappa shape index (κ2) is 16.8. The molecule has 3 fully saturated rings. The number of fused-ring (bicyclic) bond motifs is 3. The summed E-state index contributed by atoms with van der Waals surface area (Å²) < 4.78 is 107. The second-order valence-electron chi connectivity index (χ2n) is 17.7. The fourth-order valence-corrected chi connectivity index (χ4v) is 9.16. The fraction of sp³-hybridized carbons (Fsp3) is 0.650. The maximum Gasteiger partial charge on any atom is 0.438 e. The van der Waals surface area contributed by atoms with Crippen LogP contribution in [0.1, 0.15) is 85.3 Å². The van der Waals surface area contributed by atoms with Crippen molar-refractivity contribution in [1.82, 2.24) is 30.2 Å². The quantitative estimate of drug-likeness (QED) is 0.235. The normalized spacial score (nSPS) is 28.6. The summed E-state index contributed by atoms with van der Waals surface area (Å²) in [4.78, 5) is 65.5. The number of nitrogens with one attached hydrogen (secondary N) is 3. The average Bonchev–Trinajstić information content (AvgIpc) is 4.03. The number of halogens is 4. The molecule has 2 aliphatic carbocycles. The minimum Gasteiger partial charge on any atom is -0.494 e. The number of hydrogen-bond acceptors (Lipinski definition) is 12. The van der Waals surface area contributed by atoms with E-state index in [1.54, 1.807) is 26.8 Å². The standard InChI is InChI=1S/C40H52F4N6O10S/c1-21-10-8-9-11-23-18-39(23,35(53)49-61(55,56)38(5)12-13-38)48-32(51)28-15-24(19-50(28)34(52)30(22(14-21)20-57-6)47-36(54)60-37(2,3)4)59-33-31(40(42,43)44)45-26-16-25(41)29(58-7)17-27(26)46-33/h9,11,16-17,21-24,28,30H,8,10,12-15,18-20H2,1-7H3,(H,47,54)(H,48,51)(H,49,53)/b11-9-/t21-,22+,23-,24-,28+,30+,39-/m1/s1. The number of amides is 4. The lowest BCUT2D eigenvalue weighted by Gasteiger charge is -2.34. The summed E-state index contributed by atoms with van der Waals surface area (Å²) in [5.74, 6) is -6.44. The van der Waals surface area contributed by atoms with Crippen molar-refractivity contribution in [3.63, 3.8) is 0 Å². The number of carbonyl (C=O) groups is 4. The molecule has 0 bridgehead atoms. The SMILES string of the molecule is COC[C@@H]1C[C@H](C)CC/C=C\[C@@H]2C[C@@]2(C(=O)NS(=O)(=O)C2(C)CC2)NC(=O)[C@@H]2C[C@@H](Oc3nc4cc(OC)c(F)cc4nc3C(F)(F)F)CN2C(=O)[C@H]1NC(=O)OC(C)(C)C. The lowest BCUT2D eigenvalue weighted by Crippen LogP contribution is -2.60. The van der Waals surface area contributed by atoms with Crippen LogP contribution in [0.2, 0.25) is 0 Å². The van der Waals surface area contributed by atoms with Crippen molar-refractivity contribution in [2.75, 3.05) is 27.4 Å². The summed E-state index contributed by atoms with van der Waals surface area (Å²) in [6.45, 7) is 7.78. The summed E-state index contributed by atoms with van der Waals surface area (Å²) >= 11 is 0. The van der Waals surface area contributed by atoms with Gasteiger partial charge in [0.25, 0.3) is 5.91 Å². The average molecular weight is 885 g/mol. The van der Waals surface area contributed by atoms with Crippen LogP contribution in [0.5, 0.6) is 11.6 Å². The summed E-state index contributed by atoms with van der Waals surface area (Å²) in [5.41, 5.74) is -4.99. The van der Waals surface area contributed by atoms with Crippen LogP contribution in [-0.4, -0.2) is 109 Å². The van der Waals surface area contributed by atoms with Crippen LogP contribution in [0.3, 0.4) is 0 Å². The molecular weight excluding hydrogens is 833 g/mol. The van der Waals surface area contributed by atoms with Gasteiger partial charge < -0.3 is 34.5 Å². The zero-order valence-corrected chi connectivity index (χ0v) is 35.8. The first-order valence-electron chi connectivity index (χ1n) is 20.0. The molecule has 6 rings (SSSR count). The van der Waals surface area contributed by atoms with Crippen molar-refractivity contribution < 1.29 is 64.1 Å². The highest BCUT2D eigenvalue weighted by molar-refractivity contribution is 7.91. The Balaban J connectivity index is 1.41. The third-order valence-corrected chi connectivity index (χ3v) is 13.7. The number of carbonyl (C=O) groups excluding carboxylic acids is 4. The van der Waals surface area contributed by atoms with Gasteiger partial charge in [-0.25, -0.2) is 27.6 Å². The van der Waals surface area contributed by atoms with Gasteiger partial charge in [0.15, 0.2) is 11.6 Å². The van der Waals surface area contributed by atoms with Crippen molar-refractivity contribution in [2.24, 2.45) is 17.8 Å². The number of sulfonamides is 1. The zero-order valence-electron chi connectivity index (χ0n) is 35.0. The third-order valence-electron chi connectivity index (χ3n) is 11.6. The Morgan fingerprint density at radius 3 is 2.38 bits per heavy atom. The first-order chi connectivity index (χ1) is 28.4. The number of rotatable bonds is 9. The van der Waals surface area contributed by atoms with Gasteiger partial charge in [-0.3, -0.25) is 19.1 Å². The number of hydrogen-bond donors (Lipinski definition) is 3. The highest BCUT2D eigenvalue weighted by Crippen LogP contribution is 2.48. The van der Waals surface area contributed by atoms with E-state index in [4.69, 9.17) is 18.9 Å². The van der Waals surface area contributed by atoms with Crippen LogP contribution >= 0.6 is 0 Å². The van der Waals surface area contributed by atoms with Gasteiger partial charge in [0.2, 0.25) is 33.4 Å².